The van der Waals surface area contributed by atoms with Crippen LogP contribution in [0.15, 0.2) is 34.1 Å². The summed E-state index contributed by atoms with van der Waals surface area (Å²) in [6, 6.07) is 6.96. The van der Waals surface area contributed by atoms with Gasteiger partial charge in [0.15, 0.2) is 0 Å². The van der Waals surface area contributed by atoms with Gasteiger partial charge in [0.2, 0.25) is 15.9 Å². The lowest BCUT2D eigenvalue weighted by atomic mass is 9.97. The maximum absolute atomic E-state index is 12.7. The van der Waals surface area contributed by atoms with Gasteiger partial charge in [0, 0.05) is 30.4 Å². The average Bonchev–Trinajstić information content (AvgIpc) is 2.59. The predicted molar refractivity (Wildman–Crippen MR) is 97.6 cm³/mol. The molecule has 1 aromatic rings. The summed E-state index contributed by atoms with van der Waals surface area (Å²) >= 11 is 1.58. The lowest BCUT2D eigenvalue weighted by Crippen LogP contribution is -2.43. The Morgan fingerprint density at radius 2 is 1.83 bits per heavy atom. The van der Waals surface area contributed by atoms with E-state index in [1.165, 1.54) is 4.31 Å². The number of amides is 1. The van der Waals surface area contributed by atoms with Crippen LogP contribution in [0.25, 0.3) is 0 Å². The van der Waals surface area contributed by atoms with Crippen molar-refractivity contribution in [1.29, 1.82) is 0 Å². The molecule has 1 aromatic carbocycles. The SMILES string of the molecule is CSc1ccc(S(=O)(=O)N2CCC(C(=O)NCC(C)C)CC2)cc1. The highest BCUT2D eigenvalue weighted by Crippen LogP contribution is 2.25. The summed E-state index contributed by atoms with van der Waals surface area (Å²) in [7, 11) is -3.47. The number of sulfonamides is 1. The minimum absolute atomic E-state index is 0.0464. The Balaban J connectivity index is 1.96. The summed E-state index contributed by atoms with van der Waals surface area (Å²) < 4.78 is 26.9. The number of hydrogen-bond donors (Lipinski definition) is 1. The molecule has 0 aromatic heterocycles. The van der Waals surface area contributed by atoms with Crippen molar-refractivity contribution in [2.24, 2.45) is 11.8 Å². The summed E-state index contributed by atoms with van der Waals surface area (Å²) in [4.78, 5) is 13.5. The molecule has 0 spiro atoms. The molecule has 1 heterocycles. The number of nitrogens with one attached hydrogen (secondary N) is 1. The lowest BCUT2D eigenvalue weighted by Gasteiger charge is -2.30. The normalized spacial score (nSPS) is 17.2. The zero-order chi connectivity index (χ0) is 17.7. The molecule has 5 nitrogen and oxygen atoms in total. The Labute approximate surface area is 149 Å². The second-order valence-electron chi connectivity index (χ2n) is 6.49. The maximum Gasteiger partial charge on any atom is 0.243 e. The van der Waals surface area contributed by atoms with Crippen molar-refractivity contribution in [3.8, 4) is 0 Å². The van der Waals surface area contributed by atoms with E-state index in [4.69, 9.17) is 0 Å². The molecular formula is C17H26N2O3S2. The molecule has 1 saturated heterocycles. The van der Waals surface area contributed by atoms with Crippen molar-refractivity contribution in [1.82, 2.24) is 9.62 Å². The first-order valence-corrected chi connectivity index (χ1v) is 10.9. The van der Waals surface area contributed by atoms with E-state index in [0.29, 0.717) is 43.3 Å². The fourth-order valence-electron chi connectivity index (χ4n) is 2.70. The molecule has 2 rings (SSSR count). The van der Waals surface area contributed by atoms with E-state index in [1.54, 1.807) is 23.9 Å². The average molecular weight is 371 g/mol. The van der Waals surface area contributed by atoms with Crippen LogP contribution in [0.4, 0.5) is 0 Å². The highest BCUT2D eigenvalue weighted by atomic mass is 32.2. The van der Waals surface area contributed by atoms with Gasteiger partial charge in [-0.3, -0.25) is 4.79 Å². The molecule has 0 saturated carbocycles. The van der Waals surface area contributed by atoms with Crippen molar-refractivity contribution < 1.29 is 13.2 Å². The second kappa shape index (κ2) is 8.36. The van der Waals surface area contributed by atoms with Gasteiger partial charge in [-0.05, 0) is 49.3 Å². The first-order chi connectivity index (χ1) is 11.3. The van der Waals surface area contributed by atoms with E-state index in [2.05, 4.69) is 19.2 Å². The zero-order valence-electron chi connectivity index (χ0n) is 14.5. The third-order valence-electron chi connectivity index (χ3n) is 4.21. The van der Waals surface area contributed by atoms with Crippen molar-refractivity contribution in [3.05, 3.63) is 24.3 Å². The Morgan fingerprint density at radius 3 is 2.33 bits per heavy atom. The fourth-order valence-corrected chi connectivity index (χ4v) is 4.58. The van der Waals surface area contributed by atoms with Gasteiger partial charge in [-0.15, -0.1) is 11.8 Å². The van der Waals surface area contributed by atoms with Gasteiger partial charge in [0.1, 0.15) is 0 Å². The summed E-state index contributed by atoms with van der Waals surface area (Å²) in [5, 5.41) is 2.94. The monoisotopic (exact) mass is 370 g/mol. The molecule has 134 valence electrons. The van der Waals surface area contributed by atoms with E-state index in [0.717, 1.165) is 4.90 Å². The third kappa shape index (κ3) is 4.74. The summed E-state index contributed by atoms with van der Waals surface area (Å²) in [5.74, 6) is 0.373. The van der Waals surface area contributed by atoms with Gasteiger partial charge in [0.25, 0.3) is 0 Å². The molecule has 1 N–H and O–H groups in total. The molecule has 7 heteroatoms. The predicted octanol–water partition coefficient (Wildman–Crippen LogP) is 2.58. The molecule has 1 aliphatic rings. The third-order valence-corrected chi connectivity index (χ3v) is 6.86. The Hall–Kier alpha value is -1.05. The number of nitrogens with zero attached hydrogens (tertiary/aromatic N) is 1. The van der Waals surface area contributed by atoms with Gasteiger partial charge in [-0.2, -0.15) is 4.31 Å². The number of rotatable bonds is 6. The summed E-state index contributed by atoms with van der Waals surface area (Å²) in [6.07, 6.45) is 3.11. The molecule has 0 aliphatic carbocycles. The van der Waals surface area contributed by atoms with Crippen molar-refractivity contribution in [3.63, 3.8) is 0 Å². The number of carbonyl (C=O) groups excluding carboxylic acids is 1. The number of carbonyl (C=O) groups is 1. The number of thioether (sulfide) groups is 1. The lowest BCUT2D eigenvalue weighted by molar-refractivity contribution is -0.126. The van der Waals surface area contributed by atoms with Crippen molar-refractivity contribution in [2.45, 2.75) is 36.5 Å². The molecule has 1 amide bonds. The first-order valence-electron chi connectivity index (χ1n) is 8.26. The van der Waals surface area contributed by atoms with Crippen LogP contribution in [0.5, 0.6) is 0 Å². The molecule has 0 bridgehead atoms. The Kier molecular flexibility index (Phi) is 6.71. The molecule has 1 fully saturated rings. The number of benzene rings is 1. The number of piperidine rings is 1. The van der Waals surface area contributed by atoms with E-state index >= 15 is 0 Å². The topological polar surface area (TPSA) is 66.5 Å². The van der Waals surface area contributed by atoms with E-state index in [9.17, 15) is 13.2 Å². The molecule has 0 atom stereocenters. The second-order valence-corrected chi connectivity index (χ2v) is 9.31. The van der Waals surface area contributed by atoms with Crippen LogP contribution in [-0.4, -0.2) is 44.5 Å². The zero-order valence-corrected chi connectivity index (χ0v) is 16.1. The van der Waals surface area contributed by atoms with Crippen molar-refractivity contribution in [2.75, 3.05) is 25.9 Å². The van der Waals surface area contributed by atoms with Gasteiger partial charge in [-0.25, -0.2) is 8.42 Å². The van der Waals surface area contributed by atoms with Crippen LogP contribution in [-0.2, 0) is 14.8 Å². The highest BCUT2D eigenvalue weighted by Gasteiger charge is 2.31. The van der Waals surface area contributed by atoms with Crippen LogP contribution in [0.1, 0.15) is 26.7 Å². The van der Waals surface area contributed by atoms with Crippen LogP contribution in [0.3, 0.4) is 0 Å². The van der Waals surface area contributed by atoms with Crippen molar-refractivity contribution >= 4 is 27.7 Å². The largest absolute Gasteiger partial charge is 0.356 e. The highest BCUT2D eigenvalue weighted by molar-refractivity contribution is 7.98. The molecule has 0 radical (unpaired) electrons. The minimum Gasteiger partial charge on any atom is -0.356 e. The van der Waals surface area contributed by atoms with E-state index in [-0.39, 0.29) is 11.8 Å². The van der Waals surface area contributed by atoms with E-state index < -0.39 is 10.0 Å². The van der Waals surface area contributed by atoms with Crippen LogP contribution in [0.2, 0.25) is 0 Å². The summed E-state index contributed by atoms with van der Waals surface area (Å²) in [5.41, 5.74) is 0. The maximum atomic E-state index is 12.7. The molecule has 24 heavy (non-hydrogen) atoms. The first kappa shape index (κ1) is 19.3. The Morgan fingerprint density at radius 1 is 1.25 bits per heavy atom. The van der Waals surface area contributed by atoms with Gasteiger partial charge < -0.3 is 5.32 Å². The minimum atomic E-state index is -3.47. The number of hydrogen-bond acceptors (Lipinski definition) is 4. The van der Waals surface area contributed by atoms with Gasteiger partial charge in [-0.1, -0.05) is 13.8 Å². The quantitative estimate of drug-likeness (QED) is 0.782. The van der Waals surface area contributed by atoms with Crippen LogP contribution < -0.4 is 5.32 Å². The van der Waals surface area contributed by atoms with Crippen LogP contribution in [0, 0.1) is 11.8 Å². The standard InChI is InChI=1S/C17H26N2O3S2/c1-13(2)12-18-17(20)14-8-10-19(11-9-14)24(21,22)16-6-4-15(23-3)5-7-16/h4-7,13-14H,8-12H2,1-3H3,(H,18,20). The van der Waals surface area contributed by atoms with Gasteiger partial charge in [0.05, 0.1) is 4.90 Å². The molecular weight excluding hydrogens is 344 g/mol. The summed E-state index contributed by atoms with van der Waals surface area (Å²) in [6.45, 7) is 5.56. The Bertz CT molecular complexity index is 649. The fraction of sp³-hybridized carbons (Fsp3) is 0.588. The molecule has 0 unspecified atom stereocenters. The smallest absolute Gasteiger partial charge is 0.243 e. The van der Waals surface area contributed by atoms with Crippen LogP contribution >= 0.6 is 11.8 Å². The molecule has 1 aliphatic heterocycles. The van der Waals surface area contributed by atoms with Gasteiger partial charge >= 0.3 is 0 Å². The van der Waals surface area contributed by atoms with E-state index in [1.807, 2.05) is 18.4 Å².